The molecule has 0 saturated heterocycles. The Morgan fingerprint density at radius 1 is 1.14 bits per heavy atom. The molecule has 0 bridgehead atoms. The monoisotopic (exact) mass is 347 g/mol. The summed E-state index contributed by atoms with van der Waals surface area (Å²) in [5, 5.41) is 19.8. The Hall–Kier alpha value is -1.36. The molecule has 110 valence electrons. The minimum absolute atomic E-state index is 0.240. The lowest BCUT2D eigenvalue weighted by atomic mass is 9.99. The van der Waals surface area contributed by atoms with Crippen LogP contribution < -0.4 is 4.90 Å². The first kappa shape index (κ1) is 14.6. The second kappa shape index (κ2) is 6.18. The van der Waals surface area contributed by atoms with Gasteiger partial charge in [0.05, 0.1) is 12.6 Å². The molecule has 2 aromatic carbocycles. The van der Waals surface area contributed by atoms with Crippen LogP contribution in [0.15, 0.2) is 53.0 Å². The third kappa shape index (κ3) is 2.84. The van der Waals surface area contributed by atoms with Crippen molar-refractivity contribution in [3.63, 3.8) is 0 Å². The number of benzene rings is 2. The van der Waals surface area contributed by atoms with Crippen LogP contribution in [0.4, 0.5) is 5.69 Å². The zero-order valence-corrected chi connectivity index (χ0v) is 13.2. The fourth-order valence-electron chi connectivity index (χ4n) is 3.05. The molecule has 2 atom stereocenters. The number of halogens is 1. The molecule has 0 fully saturated rings. The van der Waals surface area contributed by atoms with Gasteiger partial charge in [0.15, 0.2) is 0 Å². The van der Waals surface area contributed by atoms with Crippen LogP contribution in [0.3, 0.4) is 0 Å². The normalized spacial score (nSPS) is 16.6. The first-order valence-corrected chi connectivity index (χ1v) is 7.89. The molecule has 1 heterocycles. The number of hydrogen-bond acceptors (Lipinski definition) is 3. The van der Waals surface area contributed by atoms with Crippen molar-refractivity contribution in [2.24, 2.45) is 0 Å². The van der Waals surface area contributed by atoms with Crippen LogP contribution in [0, 0.1) is 0 Å². The highest BCUT2D eigenvalue weighted by Crippen LogP contribution is 2.37. The van der Waals surface area contributed by atoms with E-state index in [1.54, 1.807) is 0 Å². The molecule has 3 rings (SSSR count). The van der Waals surface area contributed by atoms with E-state index in [9.17, 15) is 10.2 Å². The third-order valence-electron chi connectivity index (χ3n) is 4.00. The number of hydrogen-bond donors (Lipinski definition) is 2. The van der Waals surface area contributed by atoms with E-state index in [1.165, 1.54) is 5.56 Å². The van der Waals surface area contributed by atoms with E-state index in [-0.39, 0.29) is 12.6 Å². The zero-order chi connectivity index (χ0) is 14.8. The summed E-state index contributed by atoms with van der Waals surface area (Å²) in [5.74, 6) is 0. The molecule has 0 saturated carbocycles. The number of aliphatic hydroxyl groups excluding tert-OH is 2. The van der Waals surface area contributed by atoms with E-state index in [1.807, 2.05) is 36.4 Å². The minimum atomic E-state index is -0.814. The number of para-hydroxylation sites is 1. The first-order chi connectivity index (χ1) is 10.2. The Labute approximate surface area is 133 Å². The van der Waals surface area contributed by atoms with Gasteiger partial charge in [-0.2, -0.15) is 0 Å². The molecule has 0 spiro atoms. The number of nitrogens with zero attached hydrogens (tertiary/aromatic N) is 1. The maximum absolute atomic E-state index is 10.3. The van der Waals surface area contributed by atoms with Crippen LogP contribution in [0.5, 0.6) is 0 Å². The van der Waals surface area contributed by atoms with Gasteiger partial charge in [0.2, 0.25) is 0 Å². The van der Waals surface area contributed by atoms with Gasteiger partial charge < -0.3 is 15.1 Å². The molecule has 0 radical (unpaired) electrons. The van der Waals surface area contributed by atoms with Gasteiger partial charge in [-0.1, -0.05) is 46.3 Å². The van der Waals surface area contributed by atoms with Gasteiger partial charge in [0, 0.05) is 16.7 Å². The highest BCUT2D eigenvalue weighted by Gasteiger charge is 2.31. The molecule has 0 aliphatic carbocycles. The summed E-state index contributed by atoms with van der Waals surface area (Å²) in [4.78, 5) is 2.19. The lowest BCUT2D eigenvalue weighted by Crippen LogP contribution is -2.37. The maximum atomic E-state index is 10.3. The number of anilines is 1. The molecule has 1 aliphatic rings. The van der Waals surface area contributed by atoms with Gasteiger partial charge in [0.1, 0.15) is 6.10 Å². The molecule has 4 heteroatoms. The second-order valence-corrected chi connectivity index (χ2v) is 6.24. The molecule has 21 heavy (non-hydrogen) atoms. The van der Waals surface area contributed by atoms with Gasteiger partial charge in [-0.25, -0.2) is 0 Å². The minimum Gasteiger partial charge on any atom is -0.394 e. The Morgan fingerprint density at radius 3 is 2.71 bits per heavy atom. The van der Waals surface area contributed by atoms with Crippen LogP contribution in [0.1, 0.15) is 17.2 Å². The molecule has 2 aromatic rings. The molecule has 3 nitrogen and oxygen atoms in total. The highest BCUT2D eigenvalue weighted by molar-refractivity contribution is 9.10. The van der Waals surface area contributed by atoms with Gasteiger partial charge >= 0.3 is 0 Å². The molecule has 0 amide bonds. The quantitative estimate of drug-likeness (QED) is 0.893. The van der Waals surface area contributed by atoms with E-state index < -0.39 is 6.10 Å². The number of fused-ring (bicyclic) bond motifs is 1. The molecule has 0 unspecified atom stereocenters. The van der Waals surface area contributed by atoms with E-state index in [0.29, 0.717) is 0 Å². The highest BCUT2D eigenvalue weighted by atomic mass is 79.9. The topological polar surface area (TPSA) is 43.7 Å². The molecule has 0 aromatic heterocycles. The SMILES string of the molecule is OC[C@@H](O)[C@H](c1cccc(Br)c1)N1CCc2ccccc21. The summed E-state index contributed by atoms with van der Waals surface area (Å²) >= 11 is 3.48. The maximum Gasteiger partial charge on any atom is 0.101 e. The zero-order valence-electron chi connectivity index (χ0n) is 11.6. The lowest BCUT2D eigenvalue weighted by molar-refractivity contribution is 0.0717. The van der Waals surface area contributed by atoms with Crippen molar-refractivity contribution in [1.82, 2.24) is 0 Å². The average Bonchev–Trinajstić information content (AvgIpc) is 2.91. The fraction of sp³-hybridized carbons (Fsp3) is 0.294. The standard InChI is InChI=1S/C17H18BrNO2/c18-14-6-3-5-13(10-14)17(16(21)11-20)19-9-8-12-4-1-2-7-15(12)19/h1-7,10,16-17,20-21H,8-9,11H2/t16-,17+/m1/s1. The van der Waals surface area contributed by atoms with Crippen LogP contribution in [-0.4, -0.2) is 29.5 Å². The largest absolute Gasteiger partial charge is 0.394 e. The summed E-state index contributed by atoms with van der Waals surface area (Å²) in [7, 11) is 0. The Balaban J connectivity index is 2.02. The summed E-state index contributed by atoms with van der Waals surface area (Å²) < 4.78 is 0.975. The van der Waals surface area contributed by atoms with Crippen LogP contribution in [0.2, 0.25) is 0 Å². The predicted octanol–water partition coefficient (Wildman–Crippen LogP) is 2.91. The number of aliphatic hydroxyl groups is 2. The van der Waals surface area contributed by atoms with E-state index in [4.69, 9.17) is 0 Å². The summed E-state index contributed by atoms with van der Waals surface area (Å²) in [6, 6.07) is 15.9. The van der Waals surface area contributed by atoms with Gasteiger partial charge in [0.25, 0.3) is 0 Å². The van der Waals surface area contributed by atoms with E-state index in [2.05, 4.69) is 33.0 Å². The molecule has 2 N–H and O–H groups in total. The van der Waals surface area contributed by atoms with Crippen molar-refractivity contribution in [2.45, 2.75) is 18.6 Å². The fourth-order valence-corrected chi connectivity index (χ4v) is 3.47. The van der Waals surface area contributed by atoms with Crippen LogP contribution in [-0.2, 0) is 6.42 Å². The summed E-state index contributed by atoms with van der Waals surface area (Å²) in [6.45, 7) is 0.601. The van der Waals surface area contributed by atoms with Crippen molar-refractivity contribution in [1.29, 1.82) is 0 Å². The first-order valence-electron chi connectivity index (χ1n) is 7.09. The Morgan fingerprint density at radius 2 is 1.95 bits per heavy atom. The van der Waals surface area contributed by atoms with Gasteiger partial charge in [-0.3, -0.25) is 0 Å². The third-order valence-corrected chi connectivity index (χ3v) is 4.49. The molecule has 1 aliphatic heterocycles. The van der Waals surface area contributed by atoms with Gasteiger partial charge in [-0.05, 0) is 35.7 Å². The average molecular weight is 348 g/mol. The smallest absolute Gasteiger partial charge is 0.101 e. The summed E-state index contributed by atoms with van der Waals surface area (Å²) in [5.41, 5.74) is 3.44. The molecular weight excluding hydrogens is 330 g/mol. The van der Waals surface area contributed by atoms with Crippen molar-refractivity contribution >= 4 is 21.6 Å². The number of rotatable bonds is 4. The van der Waals surface area contributed by atoms with Crippen molar-refractivity contribution < 1.29 is 10.2 Å². The van der Waals surface area contributed by atoms with Crippen molar-refractivity contribution in [2.75, 3.05) is 18.1 Å². The van der Waals surface area contributed by atoms with E-state index in [0.717, 1.165) is 28.7 Å². The summed E-state index contributed by atoms with van der Waals surface area (Å²) in [6.07, 6.45) is 0.157. The van der Waals surface area contributed by atoms with Crippen LogP contribution in [0.25, 0.3) is 0 Å². The van der Waals surface area contributed by atoms with Gasteiger partial charge in [-0.15, -0.1) is 0 Å². The van der Waals surface area contributed by atoms with Crippen molar-refractivity contribution in [3.05, 3.63) is 64.1 Å². The van der Waals surface area contributed by atoms with Crippen LogP contribution >= 0.6 is 15.9 Å². The Kier molecular flexibility index (Phi) is 4.29. The predicted molar refractivity (Wildman–Crippen MR) is 87.5 cm³/mol. The Bertz CT molecular complexity index is 632. The molecular formula is C17H18BrNO2. The van der Waals surface area contributed by atoms with Crippen molar-refractivity contribution in [3.8, 4) is 0 Å². The second-order valence-electron chi connectivity index (χ2n) is 5.32. The lowest BCUT2D eigenvalue weighted by Gasteiger charge is -2.33. The van der Waals surface area contributed by atoms with E-state index >= 15 is 0 Å².